The smallest absolute Gasteiger partial charge is 0.341 e. The average Bonchev–Trinajstić information content (AvgIpc) is 2.36. The Bertz CT molecular complexity index is 690. The van der Waals surface area contributed by atoms with Crippen LogP contribution in [0.1, 0.15) is 17.3 Å². The first kappa shape index (κ1) is 17.0. The van der Waals surface area contributed by atoms with E-state index in [2.05, 4.69) is 5.32 Å². The van der Waals surface area contributed by atoms with Gasteiger partial charge >= 0.3 is 5.97 Å². The van der Waals surface area contributed by atoms with E-state index in [0.717, 1.165) is 0 Å². The van der Waals surface area contributed by atoms with E-state index < -0.39 is 50.0 Å². The fourth-order valence-corrected chi connectivity index (χ4v) is 2.79. The Balaban J connectivity index is 3.31. The van der Waals surface area contributed by atoms with Gasteiger partial charge in [0.15, 0.2) is 5.82 Å². The van der Waals surface area contributed by atoms with Crippen LogP contribution in [0.2, 0.25) is 0 Å². The molecule has 0 bridgehead atoms. The van der Waals surface area contributed by atoms with Gasteiger partial charge in [0.25, 0.3) is 0 Å². The molecule has 0 fully saturated rings. The number of carbonyl (C=O) groups is 2. The lowest BCUT2D eigenvalue weighted by Gasteiger charge is -2.14. The average molecular weight is 322 g/mol. The van der Waals surface area contributed by atoms with Crippen molar-refractivity contribution in [2.45, 2.75) is 17.9 Å². The monoisotopic (exact) mass is 322 g/mol. The van der Waals surface area contributed by atoms with Crippen molar-refractivity contribution in [2.24, 2.45) is 0 Å². The minimum absolute atomic E-state index is 0.519. The van der Waals surface area contributed by atoms with E-state index in [1.165, 1.54) is 14.0 Å². The number of carbonyl (C=O) groups excluding carboxylic acids is 1. The van der Waals surface area contributed by atoms with Gasteiger partial charge in [-0.15, -0.1) is 0 Å². The summed E-state index contributed by atoms with van der Waals surface area (Å²) < 4.78 is 52.8. The summed E-state index contributed by atoms with van der Waals surface area (Å²) in [6.07, 6.45) is 0. The van der Waals surface area contributed by atoms with Crippen LogP contribution in [-0.2, 0) is 14.8 Å². The molecule has 0 heterocycles. The second kappa shape index (κ2) is 6.14. The predicted molar refractivity (Wildman–Crippen MR) is 67.2 cm³/mol. The van der Waals surface area contributed by atoms with Crippen LogP contribution >= 0.6 is 0 Å². The summed E-state index contributed by atoms with van der Waals surface area (Å²) in [5, 5.41) is 10.9. The number of hydrogen-bond acceptors (Lipinski definition) is 4. The Morgan fingerprint density at radius 3 is 2.33 bits per heavy atom. The number of amides is 1. The van der Waals surface area contributed by atoms with Gasteiger partial charge in [-0.3, -0.25) is 4.79 Å². The van der Waals surface area contributed by atoms with Crippen molar-refractivity contribution >= 4 is 21.9 Å². The van der Waals surface area contributed by atoms with Crippen molar-refractivity contribution in [2.75, 3.05) is 7.05 Å². The first-order valence-corrected chi connectivity index (χ1v) is 7.05. The fraction of sp³-hybridized carbons (Fsp3) is 0.273. The predicted octanol–water partition coefficient (Wildman–Crippen LogP) is 0.0758. The van der Waals surface area contributed by atoms with Gasteiger partial charge in [-0.25, -0.2) is 22.0 Å². The van der Waals surface area contributed by atoms with Crippen LogP contribution in [0.3, 0.4) is 0 Å². The van der Waals surface area contributed by atoms with E-state index in [1.807, 2.05) is 4.72 Å². The molecule has 21 heavy (non-hydrogen) atoms. The maximum absolute atomic E-state index is 13.9. The topological polar surface area (TPSA) is 113 Å². The Hall–Kier alpha value is -2.07. The second-order valence-corrected chi connectivity index (χ2v) is 5.68. The van der Waals surface area contributed by atoms with E-state index >= 15 is 0 Å². The highest BCUT2D eigenvalue weighted by atomic mass is 32.2. The lowest BCUT2D eigenvalue weighted by Crippen LogP contribution is -2.43. The highest BCUT2D eigenvalue weighted by Crippen LogP contribution is 2.21. The zero-order valence-corrected chi connectivity index (χ0v) is 11.8. The van der Waals surface area contributed by atoms with Gasteiger partial charge in [0, 0.05) is 7.05 Å². The molecule has 0 radical (unpaired) electrons. The van der Waals surface area contributed by atoms with Gasteiger partial charge in [0.1, 0.15) is 16.3 Å². The molecule has 1 amide bonds. The van der Waals surface area contributed by atoms with Gasteiger partial charge in [0.05, 0.1) is 6.04 Å². The summed E-state index contributed by atoms with van der Waals surface area (Å²) in [5.74, 6) is -5.77. The van der Waals surface area contributed by atoms with Gasteiger partial charge in [-0.2, -0.15) is 4.72 Å². The van der Waals surface area contributed by atoms with Crippen molar-refractivity contribution in [3.8, 4) is 0 Å². The molecule has 0 saturated heterocycles. The minimum Gasteiger partial charge on any atom is -0.477 e. The summed E-state index contributed by atoms with van der Waals surface area (Å²) in [5.41, 5.74) is -1.38. The van der Waals surface area contributed by atoms with Gasteiger partial charge in [-0.05, 0) is 19.1 Å². The van der Waals surface area contributed by atoms with E-state index in [0.29, 0.717) is 12.1 Å². The third-order valence-electron chi connectivity index (χ3n) is 2.53. The molecule has 0 aliphatic rings. The van der Waals surface area contributed by atoms with Crippen LogP contribution in [0.4, 0.5) is 8.78 Å². The van der Waals surface area contributed by atoms with E-state index in [1.54, 1.807) is 0 Å². The van der Waals surface area contributed by atoms with Crippen LogP contribution in [0.15, 0.2) is 17.0 Å². The molecule has 1 aromatic rings. The van der Waals surface area contributed by atoms with Crippen molar-refractivity contribution in [1.82, 2.24) is 10.0 Å². The zero-order valence-electron chi connectivity index (χ0n) is 11.0. The quantitative estimate of drug-likeness (QED) is 0.710. The summed E-state index contributed by atoms with van der Waals surface area (Å²) in [6, 6.07) is -0.125. The van der Waals surface area contributed by atoms with Crippen molar-refractivity contribution in [1.29, 1.82) is 0 Å². The maximum atomic E-state index is 13.9. The van der Waals surface area contributed by atoms with Crippen LogP contribution in [0, 0.1) is 11.6 Å². The minimum atomic E-state index is -4.53. The molecule has 3 N–H and O–H groups in total. The van der Waals surface area contributed by atoms with Crippen molar-refractivity contribution in [3.05, 3.63) is 29.3 Å². The molecule has 0 spiro atoms. The lowest BCUT2D eigenvalue weighted by atomic mass is 10.2. The number of nitrogens with one attached hydrogen (secondary N) is 2. The molecule has 116 valence electrons. The third-order valence-corrected chi connectivity index (χ3v) is 4.09. The maximum Gasteiger partial charge on any atom is 0.341 e. The molecule has 1 rings (SSSR count). The van der Waals surface area contributed by atoms with Crippen LogP contribution in [0.5, 0.6) is 0 Å². The second-order valence-electron chi connectivity index (χ2n) is 4.00. The van der Waals surface area contributed by atoms with Crippen LogP contribution < -0.4 is 10.0 Å². The summed E-state index contributed by atoms with van der Waals surface area (Å²) in [6.45, 7) is 1.20. The third kappa shape index (κ3) is 3.52. The molecule has 7 nitrogen and oxygen atoms in total. The fourth-order valence-electron chi connectivity index (χ4n) is 1.50. The number of halogens is 2. The van der Waals surface area contributed by atoms with E-state index in [9.17, 15) is 26.8 Å². The molecule has 1 atom stereocenters. The Morgan fingerprint density at radius 2 is 1.86 bits per heavy atom. The number of sulfonamides is 1. The Morgan fingerprint density at radius 1 is 1.29 bits per heavy atom. The number of benzene rings is 1. The van der Waals surface area contributed by atoms with Crippen LogP contribution in [0.25, 0.3) is 0 Å². The number of rotatable bonds is 5. The molecule has 1 unspecified atom stereocenters. The molecule has 10 heteroatoms. The number of hydrogen-bond donors (Lipinski definition) is 3. The molecule has 0 aliphatic heterocycles. The first-order chi connectivity index (χ1) is 9.61. The van der Waals surface area contributed by atoms with Crippen molar-refractivity contribution in [3.63, 3.8) is 0 Å². The lowest BCUT2D eigenvalue weighted by molar-refractivity contribution is -0.121. The number of carboxylic acids is 1. The molecule has 0 saturated carbocycles. The normalized spacial score (nSPS) is 12.8. The van der Waals surface area contributed by atoms with Crippen molar-refractivity contribution < 1.29 is 31.9 Å². The molecule has 0 aliphatic carbocycles. The summed E-state index contributed by atoms with van der Waals surface area (Å²) >= 11 is 0. The standard InChI is InChI=1S/C11H12F2N2O5S/c1-5(10(16)14-2)15-21(19,20)7-4-3-6(12)8(9(7)13)11(17)18/h3-5,15H,1-2H3,(H,14,16)(H,17,18). The first-order valence-electron chi connectivity index (χ1n) is 5.57. The molecule has 0 aromatic heterocycles. The molecular formula is C11H12F2N2O5S. The molecular weight excluding hydrogens is 310 g/mol. The van der Waals surface area contributed by atoms with Gasteiger partial charge in [-0.1, -0.05) is 0 Å². The zero-order chi connectivity index (χ0) is 16.4. The van der Waals surface area contributed by atoms with Crippen LogP contribution in [-0.4, -0.2) is 38.5 Å². The van der Waals surface area contributed by atoms with E-state index in [4.69, 9.17) is 5.11 Å². The highest BCUT2D eigenvalue weighted by Gasteiger charge is 2.29. The summed E-state index contributed by atoms with van der Waals surface area (Å²) in [4.78, 5) is 20.9. The molecule has 1 aromatic carbocycles. The number of aromatic carboxylic acids is 1. The highest BCUT2D eigenvalue weighted by molar-refractivity contribution is 7.89. The SMILES string of the molecule is CNC(=O)C(C)NS(=O)(=O)c1ccc(F)c(C(=O)O)c1F. The Labute approximate surface area is 119 Å². The van der Waals surface area contributed by atoms with Gasteiger partial charge < -0.3 is 10.4 Å². The number of carboxylic acid groups (broad SMARTS) is 1. The number of likely N-dealkylation sites (N-methyl/N-ethyl adjacent to an activating group) is 1. The largest absolute Gasteiger partial charge is 0.477 e. The van der Waals surface area contributed by atoms with Gasteiger partial charge in [0.2, 0.25) is 15.9 Å². The van der Waals surface area contributed by atoms with E-state index in [-0.39, 0.29) is 0 Å². The Kier molecular flexibility index (Phi) is 4.97. The summed E-state index contributed by atoms with van der Waals surface area (Å²) in [7, 11) is -3.26.